The first-order valence-corrected chi connectivity index (χ1v) is 11.0. The van der Waals surface area contributed by atoms with Crippen LogP contribution in [0.15, 0.2) is 81.8 Å². The summed E-state index contributed by atoms with van der Waals surface area (Å²) >= 11 is 0. The number of methoxy groups -OCH3 is 1. The fraction of sp³-hybridized carbons (Fsp3) is 0.320. The minimum absolute atomic E-state index is 0.246. The largest absolute Gasteiger partial charge is 0.497 e. The Balaban J connectivity index is 1.67. The van der Waals surface area contributed by atoms with E-state index in [0.717, 1.165) is 12.1 Å². The average molecular weight is 468 g/mol. The lowest BCUT2D eigenvalue weighted by molar-refractivity contribution is -0.137. The standard InChI is InChI=1S/C25H23F3N4O2/c1-3-24(15-5-4-6-16(13-15)25(26,27)28)19-14-29-31-22(19)30-20-11-12-32(23(33)21(20)24)17-7-9-18(34-2)10-8-17/h4-10,13-14,22,30H,3,11-12H2,1-2H3. The maximum atomic E-state index is 14.0. The van der Waals surface area contributed by atoms with Gasteiger partial charge in [-0.05, 0) is 42.3 Å². The van der Waals surface area contributed by atoms with E-state index in [-0.39, 0.29) is 5.91 Å². The molecule has 2 aromatic rings. The van der Waals surface area contributed by atoms with Gasteiger partial charge in [-0.1, -0.05) is 25.1 Å². The lowest BCUT2D eigenvalue weighted by atomic mass is 9.62. The number of anilines is 1. The van der Waals surface area contributed by atoms with Crippen molar-refractivity contribution in [1.82, 2.24) is 5.32 Å². The SMILES string of the molecule is CCC1(c2cccc(C(F)(F)F)c2)C2=CN=NC2NC2=C1C(=O)N(c1ccc(OC)cc1)CC2. The zero-order valence-electron chi connectivity index (χ0n) is 18.7. The number of amides is 1. The lowest BCUT2D eigenvalue weighted by Crippen LogP contribution is -2.54. The minimum Gasteiger partial charge on any atom is -0.497 e. The van der Waals surface area contributed by atoms with Crippen molar-refractivity contribution in [2.75, 3.05) is 18.6 Å². The van der Waals surface area contributed by atoms with E-state index in [2.05, 4.69) is 15.5 Å². The predicted octanol–water partition coefficient (Wildman–Crippen LogP) is 5.33. The first-order valence-electron chi connectivity index (χ1n) is 11.0. The molecular formula is C25H23F3N4O2. The van der Waals surface area contributed by atoms with Crippen LogP contribution in [-0.4, -0.2) is 25.7 Å². The van der Waals surface area contributed by atoms with Gasteiger partial charge in [0.15, 0.2) is 6.17 Å². The molecular weight excluding hydrogens is 445 g/mol. The molecule has 0 saturated heterocycles. The number of rotatable bonds is 4. The highest BCUT2D eigenvalue weighted by Gasteiger charge is 2.53. The van der Waals surface area contributed by atoms with Crippen molar-refractivity contribution in [3.63, 3.8) is 0 Å². The van der Waals surface area contributed by atoms with E-state index in [0.29, 0.717) is 53.2 Å². The van der Waals surface area contributed by atoms with Crippen LogP contribution < -0.4 is 15.0 Å². The van der Waals surface area contributed by atoms with Gasteiger partial charge in [-0.3, -0.25) is 4.79 Å². The Morgan fingerprint density at radius 3 is 2.65 bits per heavy atom. The molecule has 3 aliphatic rings. The van der Waals surface area contributed by atoms with Crippen molar-refractivity contribution in [3.05, 3.63) is 82.7 Å². The van der Waals surface area contributed by atoms with Gasteiger partial charge >= 0.3 is 6.18 Å². The Kier molecular flexibility index (Phi) is 5.22. The molecule has 2 aromatic carbocycles. The average Bonchev–Trinajstić information content (AvgIpc) is 3.31. The third kappa shape index (κ3) is 3.29. The van der Waals surface area contributed by atoms with E-state index < -0.39 is 23.3 Å². The van der Waals surface area contributed by atoms with Crippen molar-refractivity contribution < 1.29 is 22.7 Å². The second-order valence-electron chi connectivity index (χ2n) is 8.46. The lowest BCUT2D eigenvalue weighted by Gasteiger charge is -2.47. The number of benzene rings is 2. The molecule has 0 aliphatic carbocycles. The second kappa shape index (κ2) is 8.00. The van der Waals surface area contributed by atoms with Crippen LogP contribution in [-0.2, 0) is 16.4 Å². The minimum atomic E-state index is -4.50. The van der Waals surface area contributed by atoms with Crippen molar-refractivity contribution >= 4 is 11.6 Å². The number of nitrogens with zero attached hydrogens (tertiary/aromatic N) is 3. The highest BCUT2D eigenvalue weighted by Crippen LogP contribution is 2.52. The number of fused-ring (bicyclic) bond motifs is 1. The maximum Gasteiger partial charge on any atom is 0.416 e. The molecule has 3 aliphatic heterocycles. The summed E-state index contributed by atoms with van der Waals surface area (Å²) in [5, 5.41) is 11.6. The Bertz CT molecular complexity index is 1230. The number of alkyl halides is 3. The Hall–Kier alpha value is -3.62. The molecule has 2 atom stereocenters. The van der Waals surface area contributed by atoms with Gasteiger partial charge in [0.05, 0.1) is 29.9 Å². The van der Waals surface area contributed by atoms with E-state index in [1.807, 2.05) is 6.92 Å². The van der Waals surface area contributed by atoms with Gasteiger partial charge in [0.25, 0.3) is 5.91 Å². The molecule has 9 heteroatoms. The van der Waals surface area contributed by atoms with Crippen LogP contribution in [0.4, 0.5) is 18.9 Å². The first-order chi connectivity index (χ1) is 16.3. The van der Waals surface area contributed by atoms with Gasteiger partial charge in [-0.15, -0.1) is 0 Å². The summed E-state index contributed by atoms with van der Waals surface area (Å²) in [5.41, 5.74) is 1.10. The van der Waals surface area contributed by atoms with Gasteiger partial charge < -0.3 is 15.0 Å². The normalized spacial score (nSPS) is 23.9. The molecule has 34 heavy (non-hydrogen) atoms. The van der Waals surface area contributed by atoms with E-state index in [4.69, 9.17) is 4.74 Å². The summed E-state index contributed by atoms with van der Waals surface area (Å²) < 4.78 is 46.1. The molecule has 176 valence electrons. The number of ether oxygens (including phenoxy) is 1. The van der Waals surface area contributed by atoms with Crippen LogP contribution in [0.3, 0.4) is 0 Å². The molecule has 0 radical (unpaired) electrons. The maximum absolute atomic E-state index is 14.0. The number of hydrogen-bond acceptors (Lipinski definition) is 5. The van der Waals surface area contributed by atoms with Crippen LogP contribution in [0.2, 0.25) is 0 Å². The fourth-order valence-corrected chi connectivity index (χ4v) is 5.22. The molecule has 0 bridgehead atoms. The predicted molar refractivity (Wildman–Crippen MR) is 120 cm³/mol. The van der Waals surface area contributed by atoms with Gasteiger partial charge in [0.2, 0.25) is 0 Å². The highest BCUT2D eigenvalue weighted by molar-refractivity contribution is 6.09. The summed E-state index contributed by atoms with van der Waals surface area (Å²) in [6.45, 7) is 2.31. The van der Waals surface area contributed by atoms with Gasteiger partial charge in [0.1, 0.15) is 5.75 Å². The van der Waals surface area contributed by atoms with Gasteiger partial charge in [0, 0.05) is 29.9 Å². The van der Waals surface area contributed by atoms with E-state index in [1.165, 1.54) is 6.07 Å². The number of carbonyl (C=O) groups is 1. The van der Waals surface area contributed by atoms with Crippen molar-refractivity contribution in [2.24, 2.45) is 10.2 Å². The number of hydrogen-bond donors (Lipinski definition) is 1. The smallest absolute Gasteiger partial charge is 0.416 e. The van der Waals surface area contributed by atoms with Gasteiger partial charge in [-0.2, -0.15) is 23.4 Å². The summed E-state index contributed by atoms with van der Waals surface area (Å²) in [4.78, 5) is 15.7. The molecule has 6 nitrogen and oxygen atoms in total. The topological polar surface area (TPSA) is 66.3 Å². The Morgan fingerprint density at radius 1 is 1.21 bits per heavy atom. The van der Waals surface area contributed by atoms with Crippen LogP contribution in [0.1, 0.15) is 30.9 Å². The molecule has 3 heterocycles. The molecule has 0 fully saturated rings. The monoisotopic (exact) mass is 468 g/mol. The summed E-state index contributed by atoms with van der Waals surface area (Å²) in [5.74, 6) is 0.422. The van der Waals surface area contributed by atoms with Gasteiger partial charge in [-0.25, -0.2) is 0 Å². The second-order valence-corrected chi connectivity index (χ2v) is 8.46. The number of nitrogens with one attached hydrogen (secondary N) is 1. The van der Waals surface area contributed by atoms with Crippen molar-refractivity contribution in [3.8, 4) is 5.75 Å². The molecule has 0 spiro atoms. The van der Waals surface area contributed by atoms with Crippen LogP contribution in [0, 0.1) is 0 Å². The number of halogens is 3. The zero-order valence-corrected chi connectivity index (χ0v) is 18.7. The summed E-state index contributed by atoms with van der Waals surface area (Å²) in [7, 11) is 1.57. The third-order valence-corrected chi connectivity index (χ3v) is 6.85. The molecule has 2 unspecified atom stereocenters. The first kappa shape index (κ1) is 22.2. The number of azo groups is 1. The van der Waals surface area contributed by atoms with Crippen LogP contribution >= 0.6 is 0 Å². The molecule has 0 aromatic heterocycles. The fourth-order valence-electron chi connectivity index (χ4n) is 5.22. The molecule has 1 amide bonds. The van der Waals surface area contributed by atoms with E-state index in [9.17, 15) is 18.0 Å². The molecule has 5 rings (SSSR count). The Morgan fingerprint density at radius 2 is 1.97 bits per heavy atom. The van der Waals surface area contributed by atoms with Crippen LogP contribution in [0.5, 0.6) is 5.75 Å². The molecule has 0 saturated carbocycles. The van der Waals surface area contributed by atoms with Crippen LogP contribution in [0.25, 0.3) is 0 Å². The quantitative estimate of drug-likeness (QED) is 0.660. The third-order valence-electron chi connectivity index (χ3n) is 6.85. The van der Waals surface area contributed by atoms with Crippen molar-refractivity contribution in [2.45, 2.75) is 37.5 Å². The van der Waals surface area contributed by atoms with E-state index in [1.54, 1.807) is 48.5 Å². The van der Waals surface area contributed by atoms with Crippen molar-refractivity contribution in [1.29, 1.82) is 0 Å². The highest BCUT2D eigenvalue weighted by atomic mass is 19.4. The van der Waals surface area contributed by atoms with E-state index >= 15 is 0 Å². The number of carbonyl (C=O) groups excluding carboxylic acids is 1. The summed E-state index contributed by atoms with van der Waals surface area (Å²) in [6, 6.07) is 12.4. The zero-order chi connectivity index (χ0) is 24.1. The Labute approximate surface area is 194 Å². The molecule has 1 N–H and O–H groups in total. The summed E-state index contributed by atoms with van der Waals surface area (Å²) in [6.07, 6.45) is -2.53.